The van der Waals surface area contributed by atoms with Gasteiger partial charge in [-0.05, 0) is 37.6 Å². The van der Waals surface area contributed by atoms with E-state index < -0.39 is 0 Å². The largest absolute Gasteiger partial charge is 0.356 e. The van der Waals surface area contributed by atoms with Crippen LogP contribution in [0.4, 0.5) is 5.82 Å². The molecule has 0 spiro atoms. The van der Waals surface area contributed by atoms with E-state index in [9.17, 15) is 0 Å². The first kappa shape index (κ1) is 10.6. The lowest BCUT2D eigenvalue weighted by Crippen LogP contribution is -2.40. The lowest BCUT2D eigenvalue weighted by molar-refractivity contribution is 0.473. The van der Waals surface area contributed by atoms with Crippen molar-refractivity contribution in [3.8, 4) is 0 Å². The number of hydrogen-bond donors (Lipinski definition) is 1. The topological polar surface area (TPSA) is 41.1 Å². The summed E-state index contributed by atoms with van der Waals surface area (Å²) in [5.41, 5.74) is 0. The highest BCUT2D eigenvalue weighted by molar-refractivity contribution is 6.13. The van der Waals surface area contributed by atoms with Gasteiger partial charge in [0.05, 0.1) is 0 Å². The Balaban J connectivity index is 2.01. The number of nitrogens with zero attached hydrogens (tertiary/aromatic N) is 3. The van der Waals surface area contributed by atoms with E-state index in [1.165, 1.54) is 0 Å². The number of aryl methyl sites for hydroxylation is 1. The van der Waals surface area contributed by atoms with Crippen LogP contribution < -0.4 is 9.74 Å². The molecule has 0 radical (unpaired) electrons. The van der Waals surface area contributed by atoms with Gasteiger partial charge in [0.25, 0.3) is 0 Å². The van der Waals surface area contributed by atoms with Gasteiger partial charge in [0, 0.05) is 25.3 Å². The second kappa shape index (κ2) is 4.77. The van der Waals surface area contributed by atoms with Crippen molar-refractivity contribution in [1.82, 2.24) is 14.8 Å². The Kier molecular flexibility index (Phi) is 3.38. The number of rotatable bonds is 2. The lowest BCUT2D eigenvalue weighted by atomic mass is 10.1. The molecule has 0 saturated carbocycles. The average Bonchev–Trinajstić information content (AvgIpc) is 2.29. The molecule has 0 unspecified atom stereocenters. The van der Waals surface area contributed by atoms with Crippen molar-refractivity contribution in [2.45, 2.75) is 25.8 Å². The fraction of sp³-hybridized carbons (Fsp3) is 0.600. The molecule has 0 aliphatic carbocycles. The molecule has 5 heteroatoms. The number of aromatic nitrogens is 2. The van der Waals surface area contributed by atoms with Crippen LogP contribution in [0.2, 0.25) is 0 Å². The first-order valence-corrected chi connectivity index (χ1v) is 5.58. The van der Waals surface area contributed by atoms with Crippen LogP contribution in [-0.4, -0.2) is 29.1 Å². The molecule has 4 nitrogen and oxygen atoms in total. The summed E-state index contributed by atoms with van der Waals surface area (Å²) < 4.78 is 0. The monoisotopic (exact) mass is 226 g/mol. The molecule has 1 aromatic rings. The molecule has 1 N–H and O–H groups in total. The Morgan fingerprint density at radius 1 is 1.47 bits per heavy atom. The van der Waals surface area contributed by atoms with Gasteiger partial charge in [0.2, 0.25) is 0 Å². The quantitative estimate of drug-likeness (QED) is 0.776. The summed E-state index contributed by atoms with van der Waals surface area (Å²) in [7, 11) is 0. The van der Waals surface area contributed by atoms with E-state index in [1.807, 2.05) is 19.2 Å². The Bertz CT molecular complexity index is 323. The van der Waals surface area contributed by atoms with E-state index in [4.69, 9.17) is 11.8 Å². The van der Waals surface area contributed by atoms with Gasteiger partial charge in [-0.25, -0.2) is 14.8 Å². The molecule has 2 rings (SSSR count). The maximum Gasteiger partial charge on any atom is 0.132 e. The SMILES string of the molecule is Cc1nccc(N2CCC(NCl)CC2)n1. The maximum atomic E-state index is 5.61. The normalized spacial score (nSPS) is 18.1. The minimum atomic E-state index is 0.436. The molecule has 1 aromatic heterocycles. The molecular weight excluding hydrogens is 212 g/mol. The second-order valence-electron chi connectivity index (χ2n) is 3.83. The third kappa shape index (κ3) is 2.58. The van der Waals surface area contributed by atoms with Crippen molar-refractivity contribution in [2.24, 2.45) is 0 Å². The van der Waals surface area contributed by atoms with Gasteiger partial charge in [0.1, 0.15) is 11.6 Å². The van der Waals surface area contributed by atoms with E-state index in [0.717, 1.165) is 37.6 Å². The number of nitrogens with one attached hydrogen (secondary N) is 1. The zero-order valence-electron chi connectivity index (χ0n) is 8.78. The van der Waals surface area contributed by atoms with Crippen molar-refractivity contribution in [3.63, 3.8) is 0 Å². The zero-order chi connectivity index (χ0) is 10.7. The Morgan fingerprint density at radius 2 is 2.20 bits per heavy atom. The number of hydrogen-bond acceptors (Lipinski definition) is 4. The molecule has 0 amide bonds. The number of anilines is 1. The molecule has 1 fully saturated rings. The van der Waals surface area contributed by atoms with Crippen molar-refractivity contribution in [1.29, 1.82) is 0 Å². The standard InChI is InChI=1S/C10H15ClN4/c1-8-12-5-2-10(13-8)15-6-3-9(14-11)4-7-15/h2,5,9,14H,3-4,6-7H2,1H3. The van der Waals surface area contributed by atoms with Gasteiger partial charge < -0.3 is 4.90 Å². The number of piperidine rings is 1. The zero-order valence-corrected chi connectivity index (χ0v) is 9.54. The van der Waals surface area contributed by atoms with E-state index in [2.05, 4.69) is 19.7 Å². The van der Waals surface area contributed by atoms with E-state index in [-0.39, 0.29) is 0 Å². The van der Waals surface area contributed by atoms with Crippen LogP contribution in [0, 0.1) is 6.92 Å². The molecule has 2 heterocycles. The van der Waals surface area contributed by atoms with Crippen LogP contribution in [0.3, 0.4) is 0 Å². The van der Waals surface area contributed by atoms with Gasteiger partial charge in [-0.3, -0.25) is 0 Å². The molecule has 1 aliphatic rings. The summed E-state index contributed by atoms with van der Waals surface area (Å²) in [6, 6.07) is 2.40. The van der Waals surface area contributed by atoms with Gasteiger partial charge >= 0.3 is 0 Å². The lowest BCUT2D eigenvalue weighted by Gasteiger charge is -2.31. The fourth-order valence-corrected chi connectivity index (χ4v) is 2.06. The van der Waals surface area contributed by atoms with Crippen LogP contribution >= 0.6 is 11.8 Å². The molecule has 1 saturated heterocycles. The van der Waals surface area contributed by atoms with Crippen molar-refractivity contribution >= 4 is 17.6 Å². The van der Waals surface area contributed by atoms with Crippen molar-refractivity contribution < 1.29 is 0 Å². The Hall–Kier alpha value is -0.870. The first-order valence-electron chi connectivity index (χ1n) is 5.20. The summed E-state index contributed by atoms with van der Waals surface area (Å²) in [6.45, 7) is 3.91. The molecule has 0 aromatic carbocycles. The highest BCUT2D eigenvalue weighted by Gasteiger charge is 2.19. The van der Waals surface area contributed by atoms with E-state index in [1.54, 1.807) is 0 Å². The van der Waals surface area contributed by atoms with Gasteiger partial charge in [-0.2, -0.15) is 0 Å². The highest BCUT2D eigenvalue weighted by atomic mass is 35.5. The Morgan fingerprint density at radius 3 is 2.80 bits per heavy atom. The minimum absolute atomic E-state index is 0.436. The smallest absolute Gasteiger partial charge is 0.132 e. The Labute approximate surface area is 94.8 Å². The summed E-state index contributed by atoms with van der Waals surface area (Å²) in [4.78, 5) is 13.6. The summed E-state index contributed by atoms with van der Waals surface area (Å²) >= 11 is 5.61. The fourth-order valence-electron chi connectivity index (χ4n) is 1.84. The van der Waals surface area contributed by atoms with Gasteiger partial charge in [0.15, 0.2) is 0 Å². The maximum absolute atomic E-state index is 5.61. The van der Waals surface area contributed by atoms with Gasteiger partial charge in [-0.1, -0.05) is 0 Å². The van der Waals surface area contributed by atoms with Gasteiger partial charge in [-0.15, -0.1) is 0 Å². The van der Waals surface area contributed by atoms with Crippen molar-refractivity contribution in [2.75, 3.05) is 18.0 Å². The third-order valence-electron chi connectivity index (χ3n) is 2.73. The average molecular weight is 227 g/mol. The van der Waals surface area contributed by atoms with Crippen LogP contribution in [0.5, 0.6) is 0 Å². The van der Waals surface area contributed by atoms with Crippen LogP contribution in [0.1, 0.15) is 18.7 Å². The van der Waals surface area contributed by atoms with Crippen molar-refractivity contribution in [3.05, 3.63) is 18.1 Å². The first-order chi connectivity index (χ1) is 7.29. The predicted octanol–water partition coefficient (Wildman–Crippen LogP) is 1.50. The van der Waals surface area contributed by atoms with E-state index in [0.29, 0.717) is 6.04 Å². The molecule has 15 heavy (non-hydrogen) atoms. The van der Waals surface area contributed by atoms with Crippen LogP contribution in [-0.2, 0) is 0 Å². The van der Waals surface area contributed by atoms with Crippen LogP contribution in [0.25, 0.3) is 0 Å². The minimum Gasteiger partial charge on any atom is -0.356 e. The van der Waals surface area contributed by atoms with Crippen LogP contribution in [0.15, 0.2) is 12.3 Å². The highest BCUT2D eigenvalue weighted by Crippen LogP contribution is 2.17. The predicted molar refractivity (Wildman–Crippen MR) is 61.0 cm³/mol. The number of halogens is 1. The second-order valence-corrected chi connectivity index (χ2v) is 4.05. The molecule has 0 bridgehead atoms. The summed E-state index contributed by atoms with van der Waals surface area (Å²) in [5, 5.41) is 0. The van der Waals surface area contributed by atoms with E-state index >= 15 is 0 Å². The molecule has 0 atom stereocenters. The summed E-state index contributed by atoms with van der Waals surface area (Å²) in [5.74, 6) is 1.85. The molecule has 82 valence electrons. The summed E-state index contributed by atoms with van der Waals surface area (Å²) in [6.07, 6.45) is 3.93. The third-order valence-corrected chi connectivity index (χ3v) is 3.04. The molecule has 1 aliphatic heterocycles. The molecular formula is C10H15ClN4.